The first-order chi connectivity index (χ1) is 17.1. The Morgan fingerprint density at radius 3 is 2.49 bits per heavy atom. The van der Waals surface area contributed by atoms with Crippen molar-refractivity contribution in [1.82, 2.24) is 30.6 Å². The number of benzene rings is 3. The van der Waals surface area contributed by atoms with Gasteiger partial charge in [0.05, 0.1) is 0 Å². The number of aromatic nitrogens is 6. The lowest BCUT2D eigenvalue weighted by Gasteiger charge is -2.11. The van der Waals surface area contributed by atoms with E-state index in [0.29, 0.717) is 52.3 Å². The van der Waals surface area contributed by atoms with Crippen molar-refractivity contribution in [2.24, 2.45) is 0 Å². The Kier molecular flexibility index (Phi) is 6.32. The van der Waals surface area contributed by atoms with Crippen molar-refractivity contribution in [3.63, 3.8) is 0 Å². The molecule has 0 fully saturated rings. The van der Waals surface area contributed by atoms with Crippen molar-refractivity contribution in [2.45, 2.75) is 12.8 Å². The average Bonchev–Trinajstić information content (AvgIpc) is 3.39. The SMILES string of the molecule is CNc1nc(Cc2ccc(NC(=O)c3ccc4ccccc4c3)cc2)nc(Cl)c1Cc1nn[nH]n1. The van der Waals surface area contributed by atoms with E-state index < -0.39 is 0 Å². The van der Waals surface area contributed by atoms with Crippen LogP contribution in [0.1, 0.15) is 33.1 Å². The molecular weight excluding hydrogens is 464 g/mol. The number of anilines is 2. The molecule has 10 heteroatoms. The number of nitrogens with zero attached hydrogens (tertiary/aromatic N) is 5. The van der Waals surface area contributed by atoms with E-state index in [4.69, 9.17) is 11.6 Å². The van der Waals surface area contributed by atoms with Crippen molar-refractivity contribution in [3.05, 3.63) is 100 Å². The zero-order valence-electron chi connectivity index (χ0n) is 18.8. The molecule has 5 aromatic rings. The van der Waals surface area contributed by atoms with Crippen molar-refractivity contribution >= 4 is 39.8 Å². The van der Waals surface area contributed by atoms with Crippen LogP contribution in [0.15, 0.2) is 66.7 Å². The standard InChI is InChI=1S/C25H21ClN8O/c1-27-24-20(14-22-31-33-34-32-22)23(26)29-21(30-24)12-15-6-10-19(11-7-15)28-25(35)18-9-8-16-4-2-3-5-17(16)13-18/h2-11,13H,12,14H2,1H3,(H,28,35)(H,27,29,30)(H,31,32,33,34). The molecule has 0 aliphatic carbocycles. The van der Waals surface area contributed by atoms with E-state index in [2.05, 4.69) is 41.2 Å². The Morgan fingerprint density at radius 1 is 0.943 bits per heavy atom. The van der Waals surface area contributed by atoms with Gasteiger partial charge in [0.1, 0.15) is 16.8 Å². The number of carbonyl (C=O) groups is 1. The van der Waals surface area contributed by atoms with E-state index >= 15 is 0 Å². The lowest BCUT2D eigenvalue weighted by Crippen LogP contribution is -2.11. The molecule has 0 unspecified atom stereocenters. The lowest BCUT2D eigenvalue weighted by molar-refractivity contribution is 0.102. The molecule has 0 bridgehead atoms. The summed E-state index contributed by atoms with van der Waals surface area (Å²) in [4.78, 5) is 21.8. The second-order valence-electron chi connectivity index (χ2n) is 7.90. The van der Waals surface area contributed by atoms with Crippen LogP contribution in [-0.4, -0.2) is 43.5 Å². The molecule has 0 radical (unpaired) electrons. The second-order valence-corrected chi connectivity index (χ2v) is 8.26. The Labute approximate surface area is 206 Å². The zero-order chi connectivity index (χ0) is 24.2. The molecule has 0 aliphatic heterocycles. The molecule has 0 saturated carbocycles. The molecule has 5 rings (SSSR count). The van der Waals surface area contributed by atoms with Crippen LogP contribution in [0.3, 0.4) is 0 Å². The average molecular weight is 485 g/mol. The molecule has 3 N–H and O–H groups in total. The Balaban J connectivity index is 1.28. The van der Waals surface area contributed by atoms with Gasteiger partial charge < -0.3 is 10.6 Å². The van der Waals surface area contributed by atoms with Gasteiger partial charge in [-0.2, -0.15) is 5.21 Å². The Hall–Kier alpha value is -4.37. The fraction of sp³-hybridized carbons (Fsp3) is 0.120. The highest BCUT2D eigenvalue weighted by molar-refractivity contribution is 6.30. The number of hydrogen-bond acceptors (Lipinski definition) is 7. The van der Waals surface area contributed by atoms with E-state index in [1.165, 1.54) is 0 Å². The maximum atomic E-state index is 12.7. The van der Waals surface area contributed by atoms with E-state index in [1.807, 2.05) is 66.7 Å². The molecule has 2 heterocycles. The van der Waals surface area contributed by atoms with E-state index in [9.17, 15) is 4.79 Å². The molecule has 9 nitrogen and oxygen atoms in total. The van der Waals surface area contributed by atoms with Crippen LogP contribution < -0.4 is 10.6 Å². The van der Waals surface area contributed by atoms with Gasteiger partial charge in [0, 0.05) is 36.7 Å². The van der Waals surface area contributed by atoms with E-state index in [0.717, 1.165) is 16.3 Å². The summed E-state index contributed by atoms with van der Waals surface area (Å²) in [6.07, 6.45) is 0.840. The van der Waals surface area contributed by atoms with E-state index in [1.54, 1.807) is 7.05 Å². The first-order valence-electron chi connectivity index (χ1n) is 10.9. The van der Waals surface area contributed by atoms with Gasteiger partial charge in [0.15, 0.2) is 5.82 Å². The van der Waals surface area contributed by atoms with Crippen LogP contribution in [0.4, 0.5) is 11.5 Å². The number of nitrogens with one attached hydrogen (secondary N) is 3. The molecular formula is C25H21ClN8O. The van der Waals surface area contributed by atoms with Crippen LogP contribution in [0.25, 0.3) is 10.8 Å². The number of rotatable bonds is 7. The summed E-state index contributed by atoms with van der Waals surface area (Å²) in [6.45, 7) is 0. The quantitative estimate of drug-likeness (QED) is 0.295. The van der Waals surface area contributed by atoms with Crippen molar-refractivity contribution in [3.8, 4) is 0 Å². The third kappa shape index (κ3) is 5.10. The summed E-state index contributed by atoms with van der Waals surface area (Å²) >= 11 is 6.45. The monoisotopic (exact) mass is 484 g/mol. The highest BCUT2D eigenvalue weighted by atomic mass is 35.5. The third-order valence-electron chi connectivity index (χ3n) is 5.55. The highest BCUT2D eigenvalue weighted by Crippen LogP contribution is 2.24. The normalized spacial score (nSPS) is 10.9. The summed E-state index contributed by atoms with van der Waals surface area (Å²) in [5.41, 5.74) is 3.00. The molecule has 0 atom stereocenters. The van der Waals surface area contributed by atoms with Crippen molar-refractivity contribution in [2.75, 3.05) is 17.7 Å². The van der Waals surface area contributed by atoms with Gasteiger partial charge >= 0.3 is 0 Å². The van der Waals surface area contributed by atoms with Gasteiger partial charge in [-0.1, -0.05) is 59.3 Å². The second kappa shape index (κ2) is 9.86. The largest absolute Gasteiger partial charge is 0.373 e. The summed E-state index contributed by atoms with van der Waals surface area (Å²) in [7, 11) is 1.77. The van der Waals surface area contributed by atoms with Crippen LogP contribution >= 0.6 is 11.6 Å². The predicted molar refractivity (Wildman–Crippen MR) is 135 cm³/mol. The molecule has 2 aromatic heterocycles. The maximum Gasteiger partial charge on any atom is 0.255 e. The topological polar surface area (TPSA) is 121 Å². The first-order valence-corrected chi connectivity index (χ1v) is 11.3. The summed E-state index contributed by atoms with van der Waals surface area (Å²) in [5, 5.41) is 22.4. The molecule has 1 amide bonds. The number of hydrogen-bond donors (Lipinski definition) is 3. The van der Waals surface area contributed by atoms with Gasteiger partial charge in [-0.25, -0.2) is 9.97 Å². The zero-order valence-corrected chi connectivity index (χ0v) is 19.5. The maximum absolute atomic E-state index is 12.7. The summed E-state index contributed by atoms with van der Waals surface area (Å²) in [5.74, 6) is 1.53. The number of amides is 1. The third-order valence-corrected chi connectivity index (χ3v) is 5.86. The molecule has 0 aliphatic rings. The van der Waals surface area contributed by atoms with E-state index in [-0.39, 0.29) is 5.91 Å². The molecule has 0 spiro atoms. The molecule has 0 saturated heterocycles. The number of tetrazole rings is 1. The van der Waals surface area contributed by atoms with Crippen LogP contribution in [-0.2, 0) is 12.8 Å². The molecule has 35 heavy (non-hydrogen) atoms. The van der Waals surface area contributed by atoms with Crippen LogP contribution in [0.5, 0.6) is 0 Å². The lowest BCUT2D eigenvalue weighted by atomic mass is 10.1. The first kappa shape index (κ1) is 22.4. The molecule has 3 aromatic carbocycles. The van der Waals surface area contributed by atoms with Crippen LogP contribution in [0, 0.1) is 0 Å². The van der Waals surface area contributed by atoms with Gasteiger partial charge in [0.2, 0.25) is 0 Å². The Bertz CT molecular complexity index is 1490. The van der Waals surface area contributed by atoms with Gasteiger partial charge in [0.25, 0.3) is 5.91 Å². The fourth-order valence-electron chi connectivity index (χ4n) is 3.78. The van der Waals surface area contributed by atoms with Gasteiger partial charge in [-0.05, 0) is 40.6 Å². The number of fused-ring (bicyclic) bond motifs is 1. The molecule has 174 valence electrons. The smallest absolute Gasteiger partial charge is 0.255 e. The minimum absolute atomic E-state index is 0.158. The Morgan fingerprint density at radius 2 is 1.74 bits per heavy atom. The number of H-pyrrole nitrogens is 1. The van der Waals surface area contributed by atoms with Crippen molar-refractivity contribution < 1.29 is 4.79 Å². The minimum Gasteiger partial charge on any atom is -0.373 e. The minimum atomic E-state index is -0.158. The van der Waals surface area contributed by atoms with Crippen molar-refractivity contribution in [1.29, 1.82) is 0 Å². The summed E-state index contributed by atoms with van der Waals surface area (Å²) < 4.78 is 0. The number of aromatic amines is 1. The number of halogens is 1. The van der Waals surface area contributed by atoms with Gasteiger partial charge in [-0.3, -0.25) is 4.79 Å². The predicted octanol–water partition coefficient (Wildman–Crippen LogP) is 4.27. The highest BCUT2D eigenvalue weighted by Gasteiger charge is 2.15. The van der Waals surface area contributed by atoms with Gasteiger partial charge in [-0.15, -0.1) is 10.2 Å². The number of carbonyl (C=O) groups excluding carboxylic acids is 1. The summed E-state index contributed by atoms with van der Waals surface area (Å²) in [6, 6.07) is 21.2. The van der Waals surface area contributed by atoms with Crippen LogP contribution in [0.2, 0.25) is 5.15 Å². The fourth-order valence-corrected chi connectivity index (χ4v) is 4.03.